The van der Waals surface area contributed by atoms with Gasteiger partial charge in [-0.15, -0.1) is 0 Å². The molecule has 0 saturated carbocycles. The summed E-state index contributed by atoms with van der Waals surface area (Å²) in [6.45, 7) is 21.7. The molecular weight excluding hydrogens is 420 g/mol. The average molecular weight is 471 g/mol. The predicted octanol–water partition coefficient (Wildman–Crippen LogP) is 4.93. The van der Waals surface area contributed by atoms with Crippen molar-refractivity contribution in [2.45, 2.75) is 119 Å². The van der Waals surface area contributed by atoms with Gasteiger partial charge in [0.05, 0.1) is 11.0 Å². The first-order valence-corrected chi connectivity index (χ1v) is 12.2. The molecule has 0 saturated heterocycles. The zero-order valence-corrected chi connectivity index (χ0v) is 23.0. The Morgan fingerprint density at radius 1 is 0.758 bits per heavy atom. The lowest BCUT2D eigenvalue weighted by molar-refractivity contribution is -0.149. The molecule has 0 heterocycles. The molecule has 194 valence electrons. The summed E-state index contributed by atoms with van der Waals surface area (Å²) in [5, 5.41) is 15.4. The van der Waals surface area contributed by atoms with Crippen LogP contribution in [0.25, 0.3) is 0 Å². The van der Waals surface area contributed by atoms with E-state index in [0.29, 0.717) is 26.0 Å². The Kier molecular flexibility index (Phi) is 11.1. The van der Waals surface area contributed by atoms with Crippen molar-refractivity contribution < 1.29 is 24.2 Å². The maximum absolute atomic E-state index is 12.6. The van der Waals surface area contributed by atoms with Crippen LogP contribution < -0.4 is 10.6 Å². The van der Waals surface area contributed by atoms with Crippen molar-refractivity contribution in [3.8, 4) is 0 Å². The van der Waals surface area contributed by atoms with Gasteiger partial charge in [-0.05, 0) is 67.2 Å². The number of ether oxygens (including phenoxy) is 1. The largest absolute Gasteiger partial charge is 0.481 e. The third-order valence-electron chi connectivity index (χ3n) is 6.25. The van der Waals surface area contributed by atoms with Gasteiger partial charge in [-0.2, -0.15) is 0 Å². The Morgan fingerprint density at radius 3 is 1.79 bits per heavy atom. The van der Waals surface area contributed by atoms with Gasteiger partial charge in [0.2, 0.25) is 11.8 Å². The molecule has 0 aromatic carbocycles. The Morgan fingerprint density at radius 2 is 1.30 bits per heavy atom. The van der Waals surface area contributed by atoms with Crippen molar-refractivity contribution in [1.29, 1.82) is 0 Å². The molecule has 3 N–H and O–H groups in total. The third kappa shape index (κ3) is 11.4. The van der Waals surface area contributed by atoms with Gasteiger partial charge < -0.3 is 20.5 Å². The second kappa shape index (κ2) is 11.7. The van der Waals surface area contributed by atoms with Gasteiger partial charge in [0, 0.05) is 29.5 Å². The lowest BCUT2D eigenvalue weighted by Crippen LogP contribution is -2.49. The van der Waals surface area contributed by atoms with E-state index in [9.17, 15) is 19.5 Å². The Labute approximate surface area is 201 Å². The summed E-state index contributed by atoms with van der Waals surface area (Å²) < 4.78 is 6.08. The number of hydrogen-bond donors (Lipinski definition) is 3. The van der Waals surface area contributed by atoms with Gasteiger partial charge in [0.25, 0.3) is 0 Å². The number of rotatable bonds is 15. The number of carboxylic acids is 1. The number of hydrogen-bond acceptors (Lipinski definition) is 4. The van der Waals surface area contributed by atoms with Gasteiger partial charge in [0.1, 0.15) is 0 Å². The lowest BCUT2D eigenvalue weighted by atomic mass is 9.74. The summed E-state index contributed by atoms with van der Waals surface area (Å²) in [5.74, 6) is -1.01. The topological polar surface area (TPSA) is 105 Å². The fourth-order valence-corrected chi connectivity index (χ4v) is 3.91. The van der Waals surface area contributed by atoms with Crippen LogP contribution in [0.4, 0.5) is 0 Å². The van der Waals surface area contributed by atoms with E-state index in [-0.39, 0.29) is 23.8 Å². The van der Waals surface area contributed by atoms with Crippen LogP contribution in [0.3, 0.4) is 0 Å². The zero-order chi connectivity index (χ0) is 26.3. The van der Waals surface area contributed by atoms with Gasteiger partial charge in [-0.25, -0.2) is 0 Å². The van der Waals surface area contributed by atoms with E-state index in [1.807, 2.05) is 41.5 Å². The average Bonchev–Trinajstić information content (AvgIpc) is 2.59. The summed E-state index contributed by atoms with van der Waals surface area (Å²) in [4.78, 5) is 36.7. The van der Waals surface area contributed by atoms with E-state index in [1.54, 1.807) is 27.7 Å². The summed E-state index contributed by atoms with van der Waals surface area (Å²) in [5.41, 5.74) is -2.98. The third-order valence-corrected chi connectivity index (χ3v) is 6.25. The first-order chi connectivity index (χ1) is 14.7. The number of carbonyl (C=O) groups excluding carboxylic acids is 2. The van der Waals surface area contributed by atoms with Crippen LogP contribution in [0.5, 0.6) is 0 Å². The number of nitrogens with one attached hydrogen (secondary N) is 2. The molecular formula is C26H50N2O5. The van der Waals surface area contributed by atoms with E-state index in [2.05, 4.69) is 17.6 Å². The number of amides is 2. The fourth-order valence-electron chi connectivity index (χ4n) is 3.91. The molecule has 33 heavy (non-hydrogen) atoms. The smallest absolute Gasteiger partial charge is 0.309 e. The second-order valence-corrected chi connectivity index (χ2v) is 12.6. The van der Waals surface area contributed by atoms with Crippen molar-refractivity contribution >= 4 is 17.8 Å². The highest BCUT2D eigenvalue weighted by Crippen LogP contribution is 2.34. The van der Waals surface area contributed by atoms with E-state index >= 15 is 0 Å². The highest BCUT2D eigenvalue weighted by molar-refractivity contribution is 5.83. The normalized spacial score (nSPS) is 13.5. The van der Waals surface area contributed by atoms with Gasteiger partial charge in [-0.1, -0.05) is 41.0 Å². The molecule has 0 aliphatic carbocycles. The number of aliphatic carboxylic acids is 1. The van der Waals surface area contributed by atoms with Crippen molar-refractivity contribution in [2.24, 2.45) is 16.2 Å². The minimum absolute atomic E-state index is 0.0602. The Balaban J connectivity index is 4.60. The highest BCUT2D eigenvalue weighted by Gasteiger charge is 2.39. The van der Waals surface area contributed by atoms with E-state index < -0.39 is 27.8 Å². The molecule has 0 fully saturated rings. The van der Waals surface area contributed by atoms with E-state index in [1.165, 1.54) is 0 Å². The SMILES string of the molecule is CCCC(C)(C)C(=O)NC(C)(C)CCOC(C)(C)CCNC(=O)C(C)(C)CC(C)(C)C(=O)O. The number of carboxylic acid groups (broad SMARTS) is 1. The molecule has 0 rings (SSSR count). The maximum atomic E-state index is 12.6. The minimum Gasteiger partial charge on any atom is -0.481 e. The van der Waals surface area contributed by atoms with Crippen LogP contribution in [0.2, 0.25) is 0 Å². The maximum Gasteiger partial charge on any atom is 0.309 e. The van der Waals surface area contributed by atoms with Gasteiger partial charge in [0.15, 0.2) is 0 Å². The summed E-state index contributed by atoms with van der Waals surface area (Å²) >= 11 is 0. The minimum atomic E-state index is -0.975. The molecule has 0 aliphatic heterocycles. The number of carbonyl (C=O) groups is 3. The van der Waals surface area contributed by atoms with Crippen molar-refractivity contribution in [3.05, 3.63) is 0 Å². The molecule has 0 aliphatic rings. The predicted molar refractivity (Wildman–Crippen MR) is 133 cm³/mol. The molecule has 0 spiro atoms. The molecule has 0 atom stereocenters. The van der Waals surface area contributed by atoms with Crippen LogP contribution in [-0.4, -0.2) is 47.2 Å². The van der Waals surface area contributed by atoms with Gasteiger partial charge in [-0.3, -0.25) is 14.4 Å². The quantitative estimate of drug-likeness (QED) is 0.315. The first kappa shape index (κ1) is 31.4. The van der Waals surface area contributed by atoms with Crippen LogP contribution >= 0.6 is 0 Å². The zero-order valence-electron chi connectivity index (χ0n) is 23.0. The van der Waals surface area contributed by atoms with E-state index in [4.69, 9.17) is 4.74 Å². The molecule has 0 aromatic rings. The van der Waals surface area contributed by atoms with Gasteiger partial charge >= 0.3 is 5.97 Å². The van der Waals surface area contributed by atoms with Crippen molar-refractivity contribution in [3.63, 3.8) is 0 Å². The molecule has 7 heteroatoms. The summed E-state index contributed by atoms with van der Waals surface area (Å²) in [6, 6.07) is 0. The first-order valence-electron chi connectivity index (χ1n) is 12.2. The standard InChI is InChI=1S/C26H50N2O5/c1-12-13-22(2,3)20(30)28-25(8,9)15-17-33-26(10,11)14-16-27-19(29)23(4,5)18-24(6,7)21(31)32/h12-18H2,1-11H3,(H,27,29)(H,28,30)(H,31,32). The molecule has 0 radical (unpaired) electrons. The Bertz CT molecular complexity index is 678. The van der Waals surface area contributed by atoms with Crippen LogP contribution in [0.15, 0.2) is 0 Å². The molecule has 7 nitrogen and oxygen atoms in total. The van der Waals surface area contributed by atoms with Crippen molar-refractivity contribution in [1.82, 2.24) is 10.6 Å². The summed E-state index contributed by atoms with van der Waals surface area (Å²) in [7, 11) is 0. The molecule has 0 unspecified atom stereocenters. The Hall–Kier alpha value is -1.63. The van der Waals surface area contributed by atoms with Crippen molar-refractivity contribution in [2.75, 3.05) is 13.2 Å². The van der Waals surface area contributed by atoms with Crippen LogP contribution in [0.1, 0.15) is 108 Å². The second-order valence-electron chi connectivity index (χ2n) is 12.6. The fraction of sp³-hybridized carbons (Fsp3) is 0.885. The highest BCUT2D eigenvalue weighted by atomic mass is 16.5. The van der Waals surface area contributed by atoms with Crippen LogP contribution in [-0.2, 0) is 19.1 Å². The lowest BCUT2D eigenvalue weighted by Gasteiger charge is -2.34. The van der Waals surface area contributed by atoms with Crippen LogP contribution in [0, 0.1) is 16.2 Å². The molecule has 0 aromatic heterocycles. The molecule has 2 amide bonds. The summed E-state index contributed by atoms with van der Waals surface area (Å²) in [6.07, 6.45) is 3.34. The van der Waals surface area contributed by atoms with E-state index in [0.717, 1.165) is 12.8 Å². The monoisotopic (exact) mass is 470 g/mol. The molecule has 0 bridgehead atoms.